The van der Waals surface area contributed by atoms with Gasteiger partial charge >= 0.3 is 0 Å². The molecule has 0 aromatic heterocycles. The first-order valence-electron chi connectivity index (χ1n) is 7.56. The van der Waals surface area contributed by atoms with E-state index in [1.165, 1.54) is 19.3 Å². The van der Waals surface area contributed by atoms with Gasteiger partial charge in [-0.25, -0.2) is 0 Å². The summed E-state index contributed by atoms with van der Waals surface area (Å²) in [6.07, 6.45) is 7.29. The molecular weight excluding hydrogens is 256 g/mol. The molecule has 1 saturated carbocycles. The highest BCUT2D eigenvalue weighted by Crippen LogP contribution is 2.36. The Morgan fingerprint density at radius 3 is 2.89 bits per heavy atom. The van der Waals surface area contributed by atoms with Gasteiger partial charge in [0.15, 0.2) is 0 Å². The van der Waals surface area contributed by atoms with Crippen molar-refractivity contribution >= 4 is 11.8 Å². The van der Waals surface area contributed by atoms with Crippen LogP contribution in [0.2, 0.25) is 0 Å². The third-order valence-corrected chi connectivity index (χ3v) is 5.46. The molecule has 2 aliphatic rings. The van der Waals surface area contributed by atoms with Crippen LogP contribution in [-0.4, -0.2) is 35.3 Å². The lowest BCUT2D eigenvalue weighted by Crippen LogP contribution is -2.51. The van der Waals surface area contributed by atoms with Crippen LogP contribution in [0.5, 0.6) is 0 Å². The van der Waals surface area contributed by atoms with Crippen LogP contribution in [0.15, 0.2) is 0 Å². The highest BCUT2D eigenvalue weighted by Gasteiger charge is 2.37. The predicted octanol–water partition coefficient (Wildman–Crippen LogP) is 3.10. The van der Waals surface area contributed by atoms with Crippen molar-refractivity contribution in [1.29, 1.82) is 5.26 Å². The van der Waals surface area contributed by atoms with E-state index in [1.807, 2.05) is 11.8 Å². The number of thioether (sulfide) groups is 1. The summed E-state index contributed by atoms with van der Waals surface area (Å²) in [5.41, 5.74) is -0.291. The first-order chi connectivity index (χ1) is 9.13. The van der Waals surface area contributed by atoms with Crippen LogP contribution in [0.1, 0.15) is 52.4 Å². The van der Waals surface area contributed by atoms with Crippen molar-refractivity contribution in [2.75, 3.05) is 12.4 Å². The standard InChI is InChI=1S/C15H26N2OS/c1-12(2)17-15(11-16)7-3-6-14(9-15)19-10-13-5-4-8-18-13/h12-14,17H,3-10H2,1-2H3. The second-order valence-electron chi connectivity index (χ2n) is 6.18. The molecule has 1 saturated heterocycles. The second kappa shape index (κ2) is 6.97. The van der Waals surface area contributed by atoms with Gasteiger partial charge in [-0.2, -0.15) is 17.0 Å². The maximum atomic E-state index is 9.54. The summed E-state index contributed by atoms with van der Waals surface area (Å²) in [5, 5.41) is 13.7. The molecule has 3 atom stereocenters. The molecule has 0 spiro atoms. The number of nitrogens with zero attached hydrogens (tertiary/aromatic N) is 1. The molecule has 3 unspecified atom stereocenters. The molecule has 1 N–H and O–H groups in total. The summed E-state index contributed by atoms with van der Waals surface area (Å²) in [6.45, 7) is 5.19. The molecule has 0 aromatic carbocycles. The van der Waals surface area contributed by atoms with Crippen molar-refractivity contribution in [3.63, 3.8) is 0 Å². The van der Waals surface area contributed by atoms with E-state index in [-0.39, 0.29) is 5.54 Å². The maximum Gasteiger partial charge on any atom is 0.108 e. The topological polar surface area (TPSA) is 45.0 Å². The van der Waals surface area contributed by atoms with Gasteiger partial charge in [-0.15, -0.1) is 0 Å². The molecule has 19 heavy (non-hydrogen) atoms. The van der Waals surface area contributed by atoms with Crippen molar-refractivity contribution in [3.05, 3.63) is 0 Å². The zero-order valence-electron chi connectivity index (χ0n) is 12.2. The van der Waals surface area contributed by atoms with E-state index in [9.17, 15) is 5.26 Å². The molecule has 2 fully saturated rings. The normalized spacial score (nSPS) is 35.5. The molecule has 0 radical (unpaired) electrons. The summed E-state index contributed by atoms with van der Waals surface area (Å²) >= 11 is 2.02. The molecule has 1 heterocycles. The van der Waals surface area contributed by atoms with Gasteiger partial charge in [-0.3, -0.25) is 5.32 Å². The van der Waals surface area contributed by atoms with E-state index >= 15 is 0 Å². The third kappa shape index (κ3) is 4.37. The van der Waals surface area contributed by atoms with E-state index in [0.29, 0.717) is 17.4 Å². The average molecular weight is 282 g/mol. The molecule has 2 rings (SSSR count). The van der Waals surface area contributed by atoms with Crippen LogP contribution in [0.4, 0.5) is 0 Å². The summed E-state index contributed by atoms with van der Waals surface area (Å²) in [6, 6.07) is 2.93. The SMILES string of the molecule is CC(C)NC1(C#N)CCCC(SCC2CCCO2)C1. The molecule has 0 amide bonds. The van der Waals surface area contributed by atoms with Crippen LogP contribution in [0.25, 0.3) is 0 Å². The summed E-state index contributed by atoms with van der Waals surface area (Å²) < 4.78 is 5.69. The van der Waals surface area contributed by atoms with Gasteiger partial charge < -0.3 is 4.74 Å². The van der Waals surface area contributed by atoms with Gasteiger partial charge in [0, 0.05) is 23.7 Å². The van der Waals surface area contributed by atoms with Gasteiger partial charge in [0.25, 0.3) is 0 Å². The van der Waals surface area contributed by atoms with Crippen molar-refractivity contribution < 1.29 is 4.74 Å². The van der Waals surface area contributed by atoms with Gasteiger partial charge in [0.05, 0.1) is 12.2 Å². The van der Waals surface area contributed by atoms with E-state index < -0.39 is 0 Å². The van der Waals surface area contributed by atoms with Crippen LogP contribution >= 0.6 is 11.8 Å². The number of rotatable bonds is 5. The lowest BCUT2D eigenvalue weighted by Gasteiger charge is -2.37. The predicted molar refractivity (Wildman–Crippen MR) is 80.3 cm³/mol. The molecule has 108 valence electrons. The second-order valence-corrected chi connectivity index (χ2v) is 7.51. The van der Waals surface area contributed by atoms with Crippen LogP contribution in [0.3, 0.4) is 0 Å². The Morgan fingerprint density at radius 2 is 2.26 bits per heavy atom. The third-order valence-electron chi connectivity index (χ3n) is 4.03. The van der Waals surface area contributed by atoms with E-state index in [2.05, 4.69) is 25.2 Å². The average Bonchev–Trinajstić information content (AvgIpc) is 2.89. The van der Waals surface area contributed by atoms with Crippen LogP contribution in [-0.2, 0) is 4.74 Å². The molecule has 0 bridgehead atoms. The Balaban J connectivity index is 1.83. The Hall–Kier alpha value is -0.240. The number of nitriles is 1. The Labute approximate surface area is 121 Å². The summed E-state index contributed by atoms with van der Waals surface area (Å²) in [4.78, 5) is 0. The quantitative estimate of drug-likeness (QED) is 0.841. The van der Waals surface area contributed by atoms with Crippen LogP contribution in [0, 0.1) is 11.3 Å². The van der Waals surface area contributed by atoms with Crippen molar-refractivity contribution in [3.8, 4) is 6.07 Å². The zero-order chi connectivity index (χ0) is 13.7. The Kier molecular flexibility index (Phi) is 5.56. The largest absolute Gasteiger partial charge is 0.377 e. The van der Waals surface area contributed by atoms with Crippen molar-refractivity contribution in [2.24, 2.45) is 0 Å². The lowest BCUT2D eigenvalue weighted by atomic mass is 9.82. The Morgan fingerprint density at radius 1 is 1.42 bits per heavy atom. The van der Waals surface area contributed by atoms with Gasteiger partial charge in [-0.05, 0) is 52.4 Å². The molecule has 0 aromatic rings. The molecular formula is C15H26N2OS. The molecule has 4 heteroatoms. The van der Waals surface area contributed by atoms with E-state index in [0.717, 1.165) is 31.6 Å². The smallest absolute Gasteiger partial charge is 0.108 e. The summed E-state index contributed by atoms with van der Waals surface area (Å²) in [7, 11) is 0. The van der Waals surface area contributed by atoms with Gasteiger partial charge in [-0.1, -0.05) is 0 Å². The minimum absolute atomic E-state index is 0.291. The van der Waals surface area contributed by atoms with E-state index in [1.54, 1.807) is 0 Å². The number of nitrogens with one attached hydrogen (secondary N) is 1. The van der Waals surface area contributed by atoms with Gasteiger partial charge in [0.1, 0.15) is 5.54 Å². The molecule has 1 aliphatic carbocycles. The van der Waals surface area contributed by atoms with Gasteiger partial charge in [0.2, 0.25) is 0 Å². The highest BCUT2D eigenvalue weighted by molar-refractivity contribution is 7.99. The first kappa shape index (κ1) is 15.2. The number of hydrogen-bond acceptors (Lipinski definition) is 4. The monoisotopic (exact) mass is 282 g/mol. The number of hydrogen-bond donors (Lipinski definition) is 1. The minimum atomic E-state index is -0.291. The fourth-order valence-electron chi connectivity index (χ4n) is 3.20. The van der Waals surface area contributed by atoms with Crippen LogP contribution < -0.4 is 5.32 Å². The molecule has 1 aliphatic heterocycles. The molecule has 3 nitrogen and oxygen atoms in total. The summed E-state index contributed by atoms with van der Waals surface area (Å²) in [5.74, 6) is 1.11. The fraction of sp³-hybridized carbons (Fsp3) is 0.933. The van der Waals surface area contributed by atoms with Crippen molar-refractivity contribution in [1.82, 2.24) is 5.32 Å². The minimum Gasteiger partial charge on any atom is -0.377 e. The van der Waals surface area contributed by atoms with E-state index in [4.69, 9.17) is 4.74 Å². The Bertz CT molecular complexity index is 323. The first-order valence-corrected chi connectivity index (χ1v) is 8.60. The van der Waals surface area contributed by atoms with Crippen molar-refractivity contribution in [2.45, 2.75) is 75.3 Å². The lowest BCUT2D eigenvalue weighted by molar-refractivity contribution is 0.128. The zero-order valence-corrected chi connectivity index (χ0v) is 13.0. The highest BCUT2D eigenvalue weighted by atomic mass is 32.2. The number of ether oxygens (including phenoxy) is 1. The maximum absolute atomic E-state index is 9.54. The fourth-order valence-corrected chi connectivity index (χ4v) is 4.69.